The minimum absolute atomic E-state index is 0.0220. The van der Waals surface area contributed by atoms with Gasteiger partial charge in [-0.1, -0.05) is 6.07 Å². The zero-order valence-electron chi connectivity index (χ0n) is 15.5. The minimum Gasteiger partial charge on any atom is -0.379 e. The second-order valence-electron chi connectivity index (χ2n) is 7.09. The average Bonchev–Trinajstić information content (AvgIpc) is 3.48. The van der Waals surface area contributed by atoms with Gasteiger partial charge in [0.1, 0.15) is 0 Å². The van der Waals surface area contributed by atoms with E-state index in [1.165, 1.54) is 17.0 Å². The maximum atomic E-state index is 13.0. The first kappa shape index (κ1) is 20.4. The molecule has 1 aliphatic carbocycles. The molecule has 1 saturated heterocycles. The molecule has 0 spiro atoms. The molecular weight excluding hydrogens is 373 g/mol. The first-order chi connectivity index (χ1) is 13.4. The fourth-order valence-electron chi connectivity index (χ4n) is 3.48. The predicted octanol–water partition coefficient (Wildman–Crippen LogP) is 3.00. The lowest BCUT2D eigenvalue weighted by molar-refractivity contribution is -0.137. The van der Waals surface area contributed by atoms with Crippen LogP contribution in [0.15, 0.2) is 24.3 Å². The Morgan fingerprint density at radius 1 is 1.32 bits per heavy atom. The molecule has 6 nitrogen and oxygen atoms in total. The molecule has 1 N–H and O–H groups in total. The quantitative estimate of drug-likeness (QED) is 0.803. The van der Waals surface area contributed by atoms with Crippen molar-refractivity contribution in [3.63, 3.8) is 0 Å². The summed E-state index contributed by atoms with van der Waals surface area (Å²) in [4.78, 5) is 16.3. The zero-order chi connectivity index (χ0) is 20.2. The van der Waals surface area contributed by atoms with Crippen molar-refractivity contribution in [3.05, 3.63) is 29.8 Å². The van der Waals surface area contributed by atoms with E-state index in [-0.39, 0.29) is 24.2 Å². The van der Waals surface area contributed by atoms with E-state index in [0.29, 0.717) is 19.8 Å². The van der Waals surface area contributed by atoms with Crippen molar-refractivity contribution in [2.45, 2.75) is 31.0 Å². The standard InChI is InChI=1S/C19H23F3N4O2/c20-19(21,22)15-3-1-4-16(13-15)26(8-2-7-23)17(27)24-14-18(5-6-18)25-9-11-28-12-10-25/h1,3-4,13H,2,5-6,8-12,14H2,(H,24,27). The van der Waals surface area contributed by atoms with Gasteiger partial charge in [-0.2, -0.15) is 18.4 Å². The lowest BCUT2D eigenvalue weighted by Crippen LogP contribution is -2.52. The number of urea groups is 1. The van der Waals surface area contributed by atoms with Crippen LogP contribution in [0, 0.1) is 11.3 Å². The van der Waals surface area contributed by atoms with Crippen LogP contribution in [0.1, 0.15) is 24.8 Å². The number of benzene rings is 1. The van der Waals surface area contributed by atoms with E-state index < -0.39 is 17.8 Å². The monoisotopic (exact) mass is 396 g/mol. The number of carbonyl (C=O) groups excluding carboxylic acids is 1. The summed E-state index contributed by atoms with van der Waals surface area (Å²) < 4.78 is 44.4. The number of nitrogens with zero attached hydrogens (tertiary/aromatic N) is 3. The van der Waals surface area contributed by atoms with Crippen LogP contribution in [-0.4, -0.2) is 55.9 Å². The summed E-state index contributed by atoms with van der Waals surface area (Å²) >= 11 is 0. The Morgan fingerprint density at radius 3 is 2.64 bits per heavy atom. The fraction of sp³-hybridized carbons (Fsp3) is 0.579. The molecule has 1 aromatic carbocycles. The highest BCUT2D eigenvalue weighted by molar-refractivity contribution is 5.92. The third-order valence-electron chi connectivity index (χ3n) is 5.26. The van der Waals surface area contributed by atoms with Gasteiger partial charge in [0, 0.05) is 37.4 Å². The van der Waals surface area contributed by atoms with Crippen LogP contribution < -0.4 is 10.2 Å². The molecule has 0 radical (unpaired) electrons. The van der Waals surface area contributed by atoms with Gasteiger partial charge in [0.15, 0.2) is 0 Å². The summed E-state index contributed by atoms with van der Waals surface area (Å²) in [6, 6.07) is 6.05. The van der Waals surface area contributed by atoms with E-state index >= 15 is 0 Å². The van der Waals surface area contributed by atoms with Gasteiger partial charge >= 0.3 is 12.2 Å². The molecule has 2 fully saturated rings. The lowest BCUT2D eigenvalue weighted by atomic mass is 10.1. The number of ether oxygens (including phenoxy) is 1. The number of nitrogens with one attached hydrogen (secondary N) is 1. The second kappa shape index (κ2) is 8.37. The molecule has 0 aromatic heterocycles. The van der Waals surface area contributed by atoms with Gasteiger partial charge in [-0.05, 0) is 31.0 Å². The molecule has 2 amide bonds. The summed E-state index contributed by atoms with van der Waals surface area (Å²) in [7, 11) is 0. The van der Waals surface area contributed by atoms with E-state index in [0.717, 1.165) is 38.1 Å². The van der Waals surface area contributed by atoms with E-state index in [1.54, 1.807) is 0 Å². The SMILES string of the molecule is N#CCCN(C(=O)NCC1(N2CCOCC2)CC1)c1cccc(C(F)(F)F)c1. The molecule has 1 aliphatic heterocycles. The van der Waals surface area contributed by atoms with E-state index in [1.807, 2.05) is 6.07 Å². The second-order valence-corrected chi connectivity index (χ2v) is 7.09. The number of carbonyl (C=O) groups is 1. The van der Waals surface area contributed by atoms with E-state index in [2.05, 4.69) is 10.2 Å². The highest BCUT2D eigenvalue weighted by Crippen LogP contribution is 2.41. The first-order valence-electron chi connectivity index (χ1n) is 9.28. The van der Waals surface area contributed by atoms with Crippen LogP contribution in [-0.2, 0) is 10.9 Å². The third kappa shape index (κ3) is 4.75. The molecular formula is C19H23F3N4O2. The number of amides is 2. The van der Waals surface area contributed by atoms with Crippen molar-refractivity contribution < 1.29 is 22.7 Å². The molecule has 152 valence electrons. The van der Waals surface area contributed by atoms with Crippen molar-refractivity contribution in [1.82, 2.24) is 10.2 Å². The number of hydrogen-bond donors (Lipinski definition) is 1. The predicted molar refractivity (Wildman–Crippen MR) is 96.8 cm³/mol. The molecule has 0 bridgehead atoms. The summed E-state index contributed by atoms with van der Waals surface area (Å²) in [6.07, 6.45) is -2.54. The number of nitriles is 1. The van der Waals surface area contributed by atoms with Crippen LogP contribution in [0.3, 0.4) is 0 Å². The Kier molecular flexibility index (Phi) is 6.10. The third-order valence-corrected chi connectivity index (χ3v) is 5.26. The Morgan fingerprint density at radius 2 is 2.04 bits per heavy atom. The van der Waals surface area contributed by atoms with Crippen molar-refractivity contribution in [2.24, 2.45) is 0 Å². The van der Waals surface area contributed by atoms with Crippen molar-refractivity contribution in [2.75, 3.05) is 44.3 Å². The van der Waals surface area contributed by atoms with Gasteiger partial charge in [-0.25, -0.2) is 4.79 Å². The molecule has 9 heteroatoms. The number of rotatable bonds is 6. The van der Waals surface area contributed by atoms with Crippen molar-refractivity contribution in [1.29, 1.82) is 5.26 Å². The first-order valence-corrected chi connectivity index (χ1v) is 9.28. The lowest BCUT2D eigenvalue weighted by Gasteiger charge is -2.35. The maximum Gasteiger partial charge on any atom is 0.416 e. The molecule has 1 aromatic rings. The number of morpholine rings is 1. The van der Waals surface area contributed by atoms with Gasteiger partial charge in [-0.15, -0.1) is 0 Å². The number of anilines is 1. The van der Waals surface area contributed by atoms with E-state index in [9.17, 15) is 18.0 Å². The van der Waals surface area contributed by atoms with Crippen LogP contribution in [0.2, 0.25) is 0 Å². The van der Waals surface area contributed by atoms with E-state index in [4.69, 9.17) is 10.00 Å². The Hall–Kier alpha value is -2.31. The molecule has 2 aliphatic rings. The van der Waals surface area contributed by atoms with Crippen molar-refractivity contribution >= 4 is 11.7 Å². The number of halogens is 3. The summed E-state index contributed by atoms with van der Waals surface area (Å²) in [5, 5.41) is 11.7. The highest BCUT2D eigenvalue weighted by atomic mass is 19.4. The van der Waals surface area contributed by atoms with Gasteiger partial charge in [-0.3, -0.25) is 9.80 Å². The smallest absolute Gasteiger partial charge is 0.379 e. The zero-order valence-corrected chi connectivity index (χ0v) is 15.5. The molecule has 1 saturated carbocycles. The number of alkyl halides is 3. The minimum atomic E-state index is -4.50. The van der Waals surface area contributed by atoms with Gasteiger partial charge in [0.25, 0.3) is 0 Å². The Labute approximate surface area is 161 Å². The maximum absolute atomic E-state index is 13.0. The highest BCUT2D eigenvalue weighted by Gasteiger charge is 2.48. The van der Waals surface area contributed by atoms with Gasteiger partial charge in [0.05, 0.1) is 31.3 Å². The molecule has 3 rings (SSSR count). The number of hydrogen-bond acceptors (Lipinski definition) is 4. The van der Waals surface area contributed by atoms with Crippen LogP contribution in [0.25, 0.3) is 0 Å². The van der Waals surface area contributed by atoms with Crippen LogP contribution in [0.5, 0.6) is 0 Å². The summed E-state index contributed by atoms with van der Waals surface area (Å²) in [5.41, 5.74) is -0.792. The molecule has 1 heterocycles. The normalized spacial score (nSPS) is 18.9. The topological polar surface area (TPSA) is 68.6 Å². The summed E-state index contributed by atoms with van der Waals surface area (Å²) in [6.45, 7) is 3.38. The molecule has 0 unspecified atom stereocenters. The van der Waals surface area contributed by atoms with Gasteiger partial charge < -0.3 is 10.1 Å². The molecule has 0 atom stereocenters. The van der Waals surface area contributed by atoms with Crippen LogP contribution >= 0.6 is 0 Å². The van der Waals surface area contributed by atoms with Crippen molar-refractivity contribution in [3.8, 4) is 6.07 Å². The average molecular weight is 396 g/mol. The molecule has 28 heavy (non-hydrogen) atoms. The Balaban J connectivity index is 1.69. The van der Waals surface area contributed by atoms with Gasteiger partial charge in [0.2, 0.25) is 0 Å². The Bertz CT molecular complexity index is 737. The fourth-order valence-corrected chi connectivity index (χ4v) is 3.48. The summed E-state index contributed by atoms with van der Waals surface area (Å²) in [5.74, 6) is 0. The largest absolute Gasteiger partial charge is 0.416 e. The van der Waals surface area contributed by atoms with Crippen LogP contribution in [0.4, 0.5) is 23.7 Å².